The molecule has 9 nitrogen and oxygen atoms in total. The van der Waals surface area contributed by atoms with Gasteiger partial charge in [-0.3, -0.25) is 4.79 Å². The highest BCUT2D eigenvalue weighted by Gasteiger charge is 2.33. The van der Waals surface area contributed by atoms with Crippen molar-refractivity contribution in [2.45, 2.75) is 64.3 Å². The molecule has 0 saturated carbocycles. The van der Waals surface area contributed by atoms with Gasteiger partial charge in [0.15, 0.2) is 9.84 Å². The Hall–Kier alpha value is -2.80. The van der Waals surface area contributed by atoms with E-state index in [1.165, 1.54) is 4.90 Å². The first-order chi connectivity index (χ1) is 18.9. The number of hydrogen-bond donors (Lipinski definition) is 3. The van der Waals surface area contributed by atoms with Crippen molar-refractivity contribution < 1.29 is 36.6 Å². The van der Waals surface area contributed by atoms with E-state index < -0.39 is 57.4 Å². The second-order valence-corrected chi connectivity index (χ2v) is 12.0. The average Bonchev–Trinajstić information content (AvgIpc) is 2.90. The van der Waals surface area contributed by atoms with Crippen molar-refractivity contribution in [2.75, 3.05) is 25.2 Å². The minimum Gasteiger partial charge on any atom is -0.453 e. The van der Waals surface area contributed by atoms with Crippen LogP contribution in [0.1, 0.15) is 43.4 Å². The molecule has 4 N–H and O–H groups in total. The highest BCUT2D eigenvalue weighted by molar-refractivity contribution is 7.91. The normalized spacial score (nSPS) is 13.4. The molecule has 2 amide bonds. The van der Waals surface area contributed by atoms with Crippen LogP contribution < -0.4 is 11.1 Å². The molecule has 0 fully saturated rings. The highest BCUT2D eigenvalue weighted by Crippen LogP contribution is 2.15. The Bertz CT molecular complexity index is 1230. The summed E-state index contributed by atoms with van der Waals surface area (Å²) < 4.78 is 57.4. The number of unbranched alkanes of at least 4 members (excludes halogenated alkanes) is 1. The van der Waals surface area contributed by atoms with Gasteiger partial charge in [0.2, 0.25) is 5.91 Å². The van der Waals surface area contributed by atoms with Crippen LogP contribution in [0, 0.1) is 11.6 Å². The number of alkyl carbamates (subject to hydrolysis) is 1. The molecule has 0 aliphatic carbocycles. The maximum atomic E-state index is 13.8. The largest absolute Gasteiger partial charge is 0.453 e. The van der Waals surface area contributed by atoms with E-state index >= 15 is 0 Å². The van der Waals surface area contributed by atoms with Gasteiger partial charge in [-0.1, -0.05) is 44.5 Å². The Morgan fingerprint density at radius 2 is 1.71 bits per heavy atom. The van der Waals surface area contributed by atoms with Gasteiger partial charge in [0, 0.05) is 25.2 Å². The van der Waals surface area contributed by atoms with Crippen molar-refractivity contribution in [3.8, 4) is 0 Å². The van der Waals surface area contributed by atoms with Crippen LogP contribution in [0.3, 0.4) is 0 Å². The standard InChI is InChI=1S/C28H39F2N3O6S.ClH/c1-4-6-10-40(37,38)18-25(32-28(36)39-3)27(35)33(16-20-9-7-8-19(5-2)11-20)17-26(34)24(31)14-21-12-22(29)15-23(30)13-21;/h7-9,11-13,15,24-26,34H,4-6,10,14,16-18,31H2,1-3H3,(H,32,36);1H/t24-,25+,26+;/m0./s1. The van der Waals surface area contributed by atoms with Gasteiger partial charge >= 0.3 is 6.09 Å². The molecular weight excluding hydrogens is 580 g/mol. The van der Waals surface area contributed by atoms with Gasteiger partial charge in [0.1, 0.15) is 17.7 Å². The van der Waals surface area contributed by atoms with Crippen LogP contribution in [0.15, 0.2) is 42.5 Å². The maximum absolute atomic E-state index is 13.8. The third kappa shape index (κ3) is 12.3. The Balaban J connectivity index is 0.00000840. The summed E-state index contributed by atoms with van der Waals surface area (Å²) in [7, 11) is -2.64. The molecule has 0 bridgehead atoms. The van der Waals surface area contributed by atoms with E-state index in [9.17, 15) is 31.9 Å². The number of rotatable bonds is 15. The number of carbonyl (C=O) groups is 2. The van der Waals surface area contributed by atoms with Crippen LogP contribution in [0.5, 0.6) is 0 Å². The van der Waals surface area contributed by atoms with Crippen LogP contribution in [0.2, 0.25) is 0 Å². The molecular formula is C28H40ClF2N3O6S. The summed E-state index contributed by atoms with van der Waals surface area (Å²) in [5.74, 6) is -3.14. The lowest BCUT2D eigenvalue weighted by Crippen LogP contribution is -2.54. The van der Waals surface area contributed by atoms with Crippen LogP contribution in [0.25, 0.3) is 0 Å². The molecule has 0 aliphatic rings. The van der Waals surface area contributed by atoms with Gasteiger partial charge in [-0.25, -0.2) is 22.0 Å². The predicted octanol–water partition coefficient (Wildman–Crippen LogP) is 3.15. The molecule has 41 heavy (non-hydrogen) atoms. The first kappa shape index (κ1) is 36.2. The second kappa shape index (κ2) is 17.2. The van der Waals surface area contributed by atoms with Crippen molar-refractivity contribution in [2.24, 2.45) is 5.73 Å². The molecule has 0 aliphatic heterocycles. The van der Waals surface area contributed by atoms with Crippen molar-refractivity contribution in [1.29, 1.82) is 0 Å². The minimum atomic E-state index is -3.73. The smallest absolute Gasteiger partial charge is 0.407 e. The first-order valence-corrected chi connectivity index (χ1v) is 15.0. The zero-order valence-electron chi connectivity index (χ0n) is 23.5. The Kier molecular flexibility index (Phi) is 15.2. The van der Waals surface area contributed by atoms with Gasteiger partial charge in [0.05, 0.1) is 24.7 Å². The van der Waals surface area contributed by atoms with Gasteiger partial charge in [-0.05, 0) is 48.1 Å². The molecule has 0 spiro atoms. The summed E-state index contributed by atoms with van der Waals surface area (Å²) in [6.45, 7) is 3.46. The number of benzene rings is 2. The van der Waals surface area contributed by atoms with E-state index in [1.54, 1.807) is 6.07 Å². The van der Waals surface area contributed by atoms with Crippen LogP contribution in [-0.2, 0) is 38.8 Å². The van der Waals surface area contributed by atoms with Crippen molar-refractivity contribution in [3.63, 3.8) is 0 Å². The Morgan fingerprint density at radius 3 is 2.29 bits per heavy atom. The number of aliphatic hydroxyl groups is 1. The Labute approximate surface area is 246 Å². The molecule has 0 unspecified atom stereocenters. The lowest BCUT2D eigenvalue weighted by Gasteiger charge is -2.31. The number of sulfone groups is 1. The lowest BCUT2D eigenvalue weighted by atomic mass is 10.0. The van der Waals surface area contributed by atoms with E-state index in [0.29, 0.717) is 18.4 Å². The van der Waals surface area contributed by atoms with Gasteiger partial charge in [0.25, 0.3) is 0 Å². The molecule has 0 saturated heterocycles. The fourth-order valence-corrected chi connectivity index (χ4v) is 5.83. The minimum absolute atomic E-state index is 0. The number of carbonyl (C=O) groups excluding carboxylic acids is 2. The van der Waals surface area contributed by atoms with Crippen LogP contribution in [-0.4, -0.2) is 73.8 Å². The molecule has 3 atom stereocenters. The Morgan fingerprint density at radius 1 is 1.07 bits per heavy atom. The van der Waals surface area contributed by atoms with Crippen molar-refractivity contribution in [3.05, 3.63) is 70.8 Å². The third-order valence-electron chi connectivity index (χ3n) is 6.39. The molecule has 0 radical (unpaired) electrons. The van der Waals surface area contributed by atoms with Gasteiger partial charge < -0.3 is 25.8 Å². The number of aryl methyl sites for hydroxylation is 1. The van der Waals surface area contributed by atoms with E-state index in [4.69, 9.17) is 5.73 Å². The van der Waals surface area contributed by atoms with E-state index in [-0.39, 0.29) is 43.2 Å². The summed E-state index contributed by atoms with van der Waals surface area (Å²) in [6, 6.07) is 7.82. The monoisotopic (exact) mass is 619 g/mol. The number of amides is 2. The first-order valence-electron chi connectivity index (χ1n) is 13.2. The predicted molar refractivity (Wildman–Crippen MR) is 155 cm³/mol. The number of halogens is 3. The molecule has 0 aromatic heterocycles. The van der Waals surface area contributed by atoms with Crippen molar-refractivity contribution in [1.82, 2.24) is 10.2 Å². The molecule has 2 aromatic carbocycles. The topological polar surface area (TPSA) is 139 Å². The van der Waals surface area contributed by atoms with E-state index in [0.717, 1.165) is 37.3 Å². The summed E-state index contributed by atoms with van der Waals surface area (Å²) >= 11 is 0. The van der Waals surface area contributed by atoms with E-state index in [2.05, 4.69) is 10.1 Å². The zero-order valence-corrected chi connectivity index (χ0v) is 25.1. The number of aliphatic hydroxyl groups excluding tert-OH is 1. The number of ether oxygens (including phenoxy) is 1. The molecule has 13 heteroatoms. The fraction of sp³-hybridized carbons (Fsp3) is 0.500. The van der Waals surface area contributed by atoms with Crippen LogP contribution in [0.4, 0.5) is 13.6 Å². The van der Waals surface area contributed by atoms with E-state index in [1.807, 2.05) is 32.0 Å². The summed E-state index contributed by atoms with van der Waals surface area (Å²) in [5.41, 5.74) is 8.10. The average molecular weight is 620 g/mol. The quantitative estimate of drug-likeness (QED) is 0.278. The number of methoxy groups -OCH3 is 1. The van der Waals surface area contributed by atoms with Crippen molar-refractivity contribution >= 4 is 34.2 Å². The third-order valence-corrected chi connectivity index (χ3v) is 8.14. The number of hydrogen-bond acceptors (Lipinski definition) is 7. The number of nitrogens with one attached hydrogen (secondary N) is 1. The summed E-state index contributed by atoms with van der Waals surface area (Å²) in [4.78, 5) is 27.0. The summed E-state index contributed by atoms with van der Waals surface area (Å²) in [6.07, 6.45) is -0.660. The molecule has 0 heterocycles. The SMILES string of the molecule is CCCCS(=O)(=O)C[C@@H](NC(=O)OC)C(=O)N(Cc1cccc(CC)c1)C[C@@H](O)[C@@H](N)Cc1cc(F)cc(F)c1.Cl. The fourth-order valence-electron chi connectivity index (χ4n) is 4.20. The zero-order chi connectivity index (χ0) is 29.9. The second-order valence-electron chi connectivity index (χ2n) is 9.76. The number of nitrogens with two attached hydrogens (primary N) is 1. The van der Waals surface area contributed by atoms with Gasteiger partial charge in [-0.15, -0.1) is 12.4 Å². The number of nitrogens with zero attached hydrogens (tertiary/aromatic N) is 1. The molecule has 230 valence electrons. The maximum Gasteiger partial charge on any atom is 0.407 e. The lowest BCUT2D eigenvalue weighted by molar-refractivity contribution is -0.135. The van der Waals surface area contributed by atoms with Gasteiger partial charge in [-0.2, -0.15) is 0 Å². The molecule has 2 aromatic rings. The highest BCUT2D eigenvalue weighted by atomic mass is 35.5. The molecule has 2 rings (SSSR count). The van der Waals surface area contributed by atoms with Crippen LogP contribution >= 0.6 is 12.4 Å². The summed E-state index contributed by atoms with van der Waals surface area (Å²) in [5, 5.41) is 13.3.